The summed E-state index contributed by atoms with van der Waals surface area (Å²) in [6.07, 6.45) is 0.167. The molecule has 0 bridgehead atoms. The van der Waals surface area contributed by atoms with Crippen LogP contribution < -0.4 is 30.9 Å². The van der Waals surface area contributed by atoms with Crippen LogP contribution >= 0.6 is 0 Å². The number of aliphatic hydroxyl groups is 1. The summed E-state index contributed by atoms with van der Waals surface area (Å²) in [5.74, 6) is -0.891. The van der Waals surface area contributed by atoms with Crippen molar-refractivity contribution in [2.24, 2.45) is 0 Å². The quantitative estimate of drug-likeness (QED) is 0.458. The molecule has 0 spiro atoms. The van der Waals surface area contributed by atoms with E-state index in [0.29, 0.717) is 6.54 Å². The Hall–Kier alpha value is -3.27. The lowest BCUT2D eigenvalue weighted by Gasteiger charge is -2.37. The molecular weight excluding hydrogens is 465 g/mol. The molecule has 10 nitrogen and oxygen atoms in total. The first-order chi connectivity index (χ1) is 17.5. The zero-order valence-corrected chi connectivity index (χ0v) is 20.1. The maximum Gasteiger partial charge on any atom is 0.243 e. The van der Waals surface area contributed by atoms with Crippen molar-refractivity contribution in [2.75, 3.05) is 56.3 Å². The van der Waals surface area contributed by atoms with Crippen LogP contribution in [0.5, 0.6) is 5.75 Å². The van der Waals surface area contributed by atoms with E-state index in [1.165, 1.54) is 18.2 Å². The number of β-amino-alcohol motifs (C(OH)–C–C–N with tert-alkyl or cyclic N) is 1. The molecule has 2 aromatic carbocycles. The Morgan fingerprint density at radius 3 is 2.58 bits per heavy atom. The zero-order valence-electron chi connectivity index (χ0n) is 20.1. The van der Waals surface area contributed by atoms with Gasteiger partial charge < -0.3 is 14.7 Å². The number of rotatable bonds is 6. The second-order valence-corrected chi connectivity index (χ2v) is 9.23. The fourth-order valence-corrected chi connectivity index (χ4v) is 5.21. The second-order valence-electron chi connectivity index (χ2n) is 9.23. The lowest BCUT2D eigenvalue weighted by molar-refractivity contribution is -0.121. The number of carbonyl (C=O) groups is 1. The molecule has 3 heterocycles. The van der Waals surface area contributed by atoms with Crippen LogP contribution in [0.4, 0.5) is 15.8 Å². The number of piperazine rings is 1. The van der Waals surface area contributed by atoms with Gasteiger partial charge in [-0.25, -0.2) is 20.3 Å². The average Bonchev–Trinajstić information content (AvgIpc) is 3.31. The smallest absolute Gasteiger partial charge is 0.243 e. The summed E-state index contributed by atoms with van der Waals surface area (Å²) in [7, 11) is 1.38. The van der Waals surface area contributed by atoms with Crippen LogP contribution in [-0.2, 0) is 4.79 Å². The molecule has 3 fully saturated rings. The van der Waals surface area contributed by atoms with Gasteiger partial charge in [0.15, 0.2) is 5.82 Å². The molecular formula is C25H30FN7O3. The minimum Gasteiger partial charge on any atom is -0.494 e. The van der Waals surface area contributed by atoms with Gasteiger partial charge in [0.05, 0.1) is 37.4 Å². The van der Waals surface area contributed by atoms with E-state index in [-0.39, 0.29) is 54.1 Å². The van der Waals surface area contributed by atoms with Gasteiger partial charge in [-0.15, -0.1) is 0 Å². The Morgan fingerprint density at radius 2 is 1.92 bits per heavy atom. The number of nitriles is 1. The largest absolute Gasteiger partial charge is 0.494 e. The highest BCUT2D eigenvalue weighted by Crippen LogP contribution is 2.36. The number of benzene rings is 2. The SMILES string of the molecule is COc1cc(C#N)cc(F)c1N1NC2C(CC1=O)NNC2c1ccc(N2CCN(CCO)CC2)cc1. The molecule has 36 heavy (non-hydrogen) atoms. The van der Waals surface area contributed by atoms with Crippen molar-refractivity contribution in [2.45, 2.75) is 24.5 Å². The van der Waals surface area contributed by atoms with Crippen LogP contribution in [0.25, 0.3) is 0 Å². The third-order valence-electron chi connectivity index (χ3n) is 7.15. The number of fused-ring (bicyclic) bond motifs is 1. The fourth-order valence-electron chi connectivity index (χ4n) is 5.21. The average molecular weight is 496 g/mol. The predicted octanol–water partition coefficient (Wildman–Crippen LogP) is 0.648. The number of amides is 1. The number of nitrogens with zero attached hydrogens (tertiary/aromatic N) is 4. The first-order valence-electron chi connectivity index (χ1n) is 12.1. The van der Waals surface area contributed by atoms with Gasteiger partial charge in [0.1, 0.15) is 11.4 Å². The number of anilines is 2. The summed E-state index contributed by atoms with van der Waals surface area (Å²) in [6.45, 7) is 4.54. The first-order valence-corrected chi connectivity index (χ1v) is 12.1. The number of hydrazine groups is 2. The number of carbonyl (C=O) groups excluding carboxylic acids is 1. The fraction of sp³-hybridized carbons (Fsp3) is 0.440. The molecule has 0 saturated carbocycles. The lowest BCUT2D eigenvalue weighted by atomic mass is 9.93. The van der Waals surface area contributed by atoms with E-state index in [1.54, 1.807) is 0 Å². The van der Waals surface area contributed by atoms with E-state index >= 15 is 0 Å². The lowest BCUT2D eigenvalue weighted by Crippen LogP contribution is -2.60. The minimum absolute atomic E-state index is 0.0266. The van der Waals surface area contributed by atoms with E-state index in [9.17, 15) is 9.18 Å². The Kier molecular flexibility index (Phi) is 7.04. The summed E-state index contributed by atoms with van der Waals surface area (Å²) in [6, 6.07) is 12.2. The van der Waals surface area contributed by atoms with Gasteiger partial charge in [0.2, 0.25) is 5.91 Å². The highest BCUT2D eigenvalue weighted by atomic mass is 19.1. The topological polar surface area (TPSA) is 116 Å². The first kappa shape index (κ1) is 24.4. The van der Waals surface area contributed by atoms with Crippen LogP contribution in [0.2, 0.25) is 0 Å². The van der Waals surface area contributed by atoms with Crippen LogP contribution in [0.3, 0.4) is 0 Å². The third-order valence-corrected chi connectivity index (χ3v) is 7.15. The van der Waals surface area contributed by atoms with E-state index in [2.05, 4.69) is 50.3 Å². The molecule has 0 aromatic heterocycles. The molecule has 3 saturated heterocycles. The molecule has 3 aliphatic rings. The van der Waals surface area contributed by atoms with Gasteiger partial charge in [-0.2, -0.15) is 5.26 Å². The van der Waals surface area contributed by atoms with Gasteiger partial charge in [-0.05, 0) is 23.8 Å². The van der Waals surface area contributed by atoms with Crippen LogP contribution in [-0.4, -0.2) is 74.4 Å². The standard InChI is InChI=1S/C25H30FN7O3/c1-36-21-13-16(15-27)12-19(26)25(21)33-22(35)14-20-24(30-33)23(29-28-20)17-2-4-18(5-3-17)32-8-6-31(7-9-32)10-11-34/h2-5,12-13,20,23-24,28-30,34H,6-11,14H2,1H3. The van der Waals surface area contributed by atoms with Crippen molar-refractivity contribution in [1.82, 2.24) is 21.2 Å². The van der Waals surface area contributed by atoms with E-state index in [0.717, 1.165) is 43.5 Å². The highest BCUT2D eigenvalue weighted by molar-refractivity contribution is 5.95. The van der Waals surface area contributed by atoms with Gasteiger partial charge in [0, 0.05) is 56.9 Å². The zero-order chi connectivity index (χ0) is 25.2. The number of aliphatic hydroxyl groups excluding tert-OH is 1. The monoisotopic (exact) mass is 495 g/mol. The molecule has 0 aliphatic carbocycles. The van der Waals surface area contributed by atoms with Crippen molar-refractivity contribution in [3.63, 3.8) is 0 Å². The van der Waals surface area contributed by atoms with Crippen LogP contribution in [0.1, 0.15) is 23.6 Å². The Labute approximate surface area is 209 Å². The van der Waals surface area contributed by atoms with Gasteiger partial charge in [0.25, 0.3) is 0 Å². The third kappa shape index (κ3) is 4.61. The number of methoxy groups -OCH3 is 1. The summed E-state index contributed by atoms with van der Waals surface area (Å²) >= 11 is 0. The Morgan fingerprint density at radius 1 is 1.17 bits per heavy atom. The molecule has 5 rings (SSSR count). The van der Waals surface area contributed by atoms with E-state index < -0.39 is 5.82 Å². The predicted molar refractivity (Wildman–Crippen MR) is 132 cm³/mol. The summed E-state index contributed by atoms with van der Waals surface area (Å²) in [4.78, 5) is 17.5. The summed E-state index contributed by atoms with van der Waals surface area (Å²) in [5, 5.41) is 19.5. The van der Waals surface area contributed by atoms with Crippen molar-refractivity contribution in [3.05, 3.63) is 53.3 Å². The number of hydrogen-bond acceptors (Lipinski definition) is 9. The van der Waals surface area contributed by atoms with Crippen molar-refractivity contribution in [1.29, 1.82) is 5.26 Å². The summed E-state index contributed by atoms with van der Waals surface area (Å²) in [5.41, 5.74) is 11.9. The number of ether oxygens (including phenoxy) is 1. The molecule has 3 aliphatic heterocycles. The maximum atomic E-state index is 15.0. The highest BCUT2D eigenvalue weighted by Gasteiger charge is 2.45. The molecule has 4 N–H and O–H groups in total. The maximum absolute atomic E-state index is 15.0. The van der Waals surface area contributed by atoms with Crippen LogP contribution in [0.15, 0.2) is 36.4 Å². The molecule has 2 aromatic rings. The molecule has 11 heteroatoms. The van der Waals surface area contributed by atoms with Gasteiger partial charge in [-0.1, -0.05) is 12.1 Å². The van der Waals surface area contributed by atoms with E-state index in [4.69, 9.17) is 15.1 Å². The summed E-state index contributed by atoms with van der Waals surface area (Å²) < 4.78 is 20.3. The van der Waals surface area contributed by atoms with Gasteiger partial charge in [-0.3, -0.25) is 15.1 Å². The van der Waals surface area contributed by atoms with Crippen molar-refractivity contribution < 1.29 is 19.0 Å². The van der Waals surface area contributed by atoms with E-state index in [1.807, 2.05) is 6.07 Å². The van der Waals surface area contributed by atoms with Crippen molar-refractivity contribution >= 4 is 17.3 Å². The molecule has 0 radical (unpaired) electrons. The number of nitrogens with one attached hydrogen (secondary N) is 3. The van der Waals surface area contributed by atoms with Crippen molar-refractivity contribution in [3.8, 4) is 11.8 Å². The minimum atomic E-state index is -0.705. The van der Waals surface area contributed by atoms with Crippen LogP contribution in [0, 0.1) is 17.1 Å². The second kappa shape index (κ2) is 10.4. The molecule has 190 valence electrons. The normalized spacial score (nSPS) is 24.5. The Balaban J connectivity index is 1.33. The van der Waals surface area contributed by atoms with Gasteiger partial charge >= 0.3 is 0 Å². The molecule has 3 unspecified atom stereocenters. The molecule has 3 atom stereocenters. The number of hydrogen-bond donors (Lipinski definition) is 4. The Bertz CT molecular complexity index is 1150. The molecule has 1 amide bonds. The number of halogens is 1.